The van der Waals surface area contributed by atoms with Crippen LogP contribution in [0.3, 0.4) is 0 Å². The first-order chi connectivity index (χ1) is 6.59. The maximum Gasteiger partial charge on any atom is 0.307 e. The average Bonchev–Trinajstić information content (AvgIpc) is 2.06. The van der Waals surface area contributed by atoms with Gasteiger partial charge in [-0.3, -0.25) is 4.79 Å². The van der Waals surface area contributed by atoms with Crippen LogP contribution in [0.2, 0.25) is 0 Å². The molecule has 0 bridgehead atoms. The van der Waals surface area contributed by atoms with Crippen molar-refractivity contribution in [3.05, 3.63) is 29.8 Å². The zero-order chi connectivity index (χ0) is 10.6. The Balaban J connectivity index is 2.85. The lowest BCUT2D eigenvalue weighted by Gasteiger charge is -2.13. The molecular weight excluding hydrogens is 178 g/mol. The van der Waals surface area contributed by atoms with Crippen LogP contribution in [0.4, 0.5) is 5.69 Å². The SMILES string of the molecule is CC(C)Nc1ccccc1CC(=O)O. The highest BCUT2D eigenvalue weighted by atomic mass is 16.4. The minimum absolute atomic E-state index is 0.0654. The third-order valence-electron chi connectivity index (χ3n) is 1.80. The molecule has 1 aromatic rings. The summed E-state index contributed by atoms with van der Waals surface area (Å²) >= 11 is 0. The van der Waals surface area contributed by atoms with Crippen molar-refractivity contribution in [2.45, 2.75) is 26.3 Å². The van der Waals surface area contributed by atoms with Gasteiger partial charge in [-0.15, -0.1) is 0 Å². The highest BCUT2D eigenvalue weighted by molar-refractivity contribution is 5.73. The van der Waals surface area contributed by atoms with Crippen LogP contribution in [0, 0.1) is 0 Å². The molecule has 0 fully saturated rings. The van der Waals surface area contributed by atoms with E-state index in [2.05, 4.69) is 5.32 Å². The van der Waals surface area contributed by atoms with Gasteiger partial charge in [0.25, 0.3) is 0 Å². The fourth-order valence-corrected chi connectivity index (χ4v) is 1.29. The third-order valence-corrected chi connectivity index (χ3v) is 1.80. The van der Waals surface area contributed by atoms with Gasteiger partial charge in [-0.05, 0) is 25.5 Å². The van der Waals surface area contributed by atoms with Crippen LogP contribution in [0.25, 0.3) is 0 Å². The molecule has 0 aliphatic carbocycles. The van der Waals surface area contributed by atoms with Crippen molar-refractivity contribution >= 4 is 11.7 Å². The maximum absolute atomic E-state index is 10.6. The lowest BCUT2D eigenvalue weighted by molar-refractivity contribution is -0.136. The zero-order valence-corrected chi connectivity index (χ0v) is 8.45. The second-order valence-electron chi connectivity index (χ2n) is 3.53. The van der Waals surface area contributed by atoms with Gasteiger partial charge in [0.1, 0.15) is 0 Å². The molecule has 0 radical (unpaired) electrons. The number of carboxylic acids is 1. The molecule has 0 unspecified atom stereocenters. The summed E-state index contributed by atoms with van der Waals surface area (Å²) in [5, 5.41) is 11.9. The van der Waals surface area contributed by atoms with Crippen LogP contribution in [0.5, 0.6) is 0 Å². The van der Waals surface area contributed by atoms with Crippen LogP contribution in [-0.2, 0) is 11.2 Å². The summed E-state index contributed by atoms with van der Waals surface area (Å²) in [6.45, 7) is 4.05. The molecule has 3 nitrogen and oxygen atoms in total. The Morgan fingerprint density at radius 3 is 2.64 bits per heavy atom. The third kappa shape index (κ3) is 3.09. The Bertz CT molecular complexity index is 321. The second kappa shape index (κ2) is 4.65. The zero-order valence-electron chi connectivity index (χ0n) is 8.45. The molecule has 0 aromatic heterocycles. The van der Waals surface area contributed by atoms with E-state index in [-0.39, 0.29) is 6.42 Å². The fraction of sp³-hybridized carbons (Fsp3) is 0.364. The van der Waals surface area contributed by atoms with Crippen molar-refractivity contribution in [1.29, 1.82) is 0 Å². The van der Waals surface area contributed by atoms with Crippen LogP contribution in [0.1, 0.15) is 19.4 Å². The molecule has 0 saturated heterocycles. The Hall–Kier alpha value is -1.51. The highest BCUT2D eigenvalue weighted by Gasteiger charge is 2.06. The van der Waals surface area contributed by atoms with E-state index in [9.17, 15) is 4.79 Å². The molecule has 14 heavy (non-hydrogen) atoms. The summed E-state index contributed by atoms with van der Waals surface area (Å²) in [6, 6.07) is 7.79. The number of aliphatic carboxylic acids is 1. The van der Waals surface area contributed by atoms with Gasteiger partial charge in [0.05, 0.1) is 6.42 Å². The van der Waals surface area contributed by atoms with Crippen molar-refractivity contribution < 1.29 is 9.90 Å². The Morgan fingerprint density at radius 1 is 1.43 bits per heavy atom. The molecule has 0 heterocycles. The normalized spacial score (nSPS) is 10.2. The minimum Gasteiger partial charge on any atom is -0.481 e. The number of hydrogen-bond donors (Lipinski definition) is 2. The summed E-state index contributed by atoms with van der Waals surface area (Å²) in [4.78, 5) is 10.6. The van der Waals surface area contributed by atoms with E-state index < -0.39 is 5.97 Å². The number of anilines is 1. The number of nitrogens with one attached hydrogen (secondary N) is 1. The van der Waals surface area contributed by atoms with Crippen LogP contribution in [-0.4, -0.2) is 17.1 Å². The van der Waals surface area contributed by atoms with Gasteiger partial charge in [-0.2, -0.15) is 0 Å². The standard InChI is InChI=1S/C11H15NO2/c1-8(2)12-10-6-4-3-5-9(10)7-11(13)14/h3-6,8,12H,7H2,1-2H3,(H,13,14). The number of rotatable bonds is 4. The number of benzene rings is 1. The molecule has 1 aromatic carbocycles. The molecule has 0 atom stereocenters. The van der Waals surface area contributed by atoms with Gasteiger partial charge in [0.15, 0.2) is 0 Å². The predicted molar refractivity (Wildman–Crippen MR) is 56.5 cm³/mol. The molecular formula is C11H15NO2. The topological polar surface area (TPSA) is 49.3 Å². The Labute approximate surface area is 83.8 Å². The van der Waals surface area contributed by atoms with E-state index >= 15 is 0 Å². The first-order valence-corrected chi connectivity index (χ1v) is 4.66. The predicted octanol–water partition coefficient (Wildman–Crippen LogP) is 2.13. The maximum atomic E-state index is 10.6. The summed E-state index contributed by atoms with van der Waals surface area (Å²) in [5.74, 6) is -0.803. The number of carboxylic acid groups (broad SMARTS) is 1. The molecule has 76 valence electrons. The Morgan fingerprint density at radius 2 is 2.07 bits per heavy atom. The lowest BCUT2D eigenvalue weighted by Crippen LogP contribution is -2.12. The smallest absolute Gasteiger partial charge is 0.307 e. The van der Waals surface area contributed by atoms with Crippen molar-refractivity contribution in [3.8, 4) is 0 Å². The van der Waals surface area contributed by atoms with Gasteiger partial charge in [-0.25, -0.2) is 0 Å². The summed E-state index contributed by atoms with van der Waals surface area (Å²) in [5.41, 5.74) is 1.73. The molecule has 1 rings (SSSR count). The number of carbonyl (C=O) groups is 1. The molecule has 0 spiro atoms. The van der Waals surface area contributed by atoms with Crippen molar-refractivity contribution in [3.63, 3.8) is 0 Å². The minimum atomic E-state index is -0.803. The number of para-hydroxylation sites is 1. The van der Waals surface area contributed by atoms with Crippen molar-refractivity contribution in [1.82, 2.24) is 0 Å². The van der Waals surface area contributed by atoms with E-state index in [1.807, 2.05) is 38.1 Å². The monoisotopic (exact) mass is 193 g/mol. The molecule has 0 aliphatic rings. The quantitative estimate of drug-likeness (QED) is 0.770. The van der Waals surface area contributed by atoms with Gasteiger partial charge in [-0.1, -0.05) is 18.2 Å². The van der Waals surface area contributed by atoms with Crippen molar-refractivity contribution in [2.24, 2.45) is 0 Å². The first-order valence-electron chi connectivity index (χ1n) is 4.66. The van der Waals surface area contributed by atoms with Crippen LogP contribution < -0.4 is 5.32 Å². The van der Waals surface area contributed by atoms with Gasteiger partial charge in [0.2, 0.25) is 0 Å². The molecule has 0 amide bonds. The van der Waals surface area contributed by atoms with E-state index in [0.717, 1.165) is 11.3 Å². The second-order valence-corrected chi connectivity index (χ2v) is 3.53. The van der Waals surface area contributed by atoms with Crippen LogP contribution >= 0.6 is 0 Å². The molecule has 2 N–H and O–H groups in total. The van der Waals surface area contributed by atoms with E-state index in [4.69, 9.17) is 5.11 Å². The number of hydrogen-bond acceptors (Lipinski definition) is 2. The van der Waals surface area contributed by atoms with Gasteiger partial charge >= 0.3 is 5.97 Å². The van der Waals surface area contributed by atoms with Crippen LogP contribution in [0.15, 0.2) is 24.3 Å². The molecule has 0 saturated carbocycles. The van der Waals surface area contributed by atoms with Crippen molar-refractivity contribution in [2.75, 3.05) is 5.32 Å². The Kier molecular flexibility index (Phi) is 3.51. The summed E-state index contributed by atoms with van der Waals surface area (Å²) in [7, 11) is 0. The lowest BCUT2D eigenvalue weighted by atomic mass is 10.1. The average molecular weight is 193 g/mol. The molecule has 0 aliphatic heterocycles. The van der Waals surface area contributed by atoms with E-state index in [0.29, 0.717) is 6.04 Å². The van der Waals surface area contributed by atoms with Gasteiger partial charge < -0.3 is 10.4 Å². The van der Waals surface area contributed by atoms with Gasteiger partial charge in [0, 0.05) is 11.7 Å². The highest BCUT2D eigenvalue weighted by Crippen LogP contribution is 2.16. The van der Waals surface area contributed by atoms with E-state index in [1.54, 1.807) is 0 Å². The summed E-state index contributed by atoms with van der Waals surface area (Å²) in [6.07, 6.45) is 0.0654. The molecule has 3 heteroatoms. The summed E-state index contributed by atoms with van der Waals surface area (Å²) < 4.78 is 0. The first kappa shape index (κ1) is 10.6. The van der Waals surface area contributed by atoms with E-state index in [1.165, 1.54) is 0 Å². The fourth-order valence-electron chi connectivity index (χ4n) is 1.29. The largest absolute Gasteiger partial charge is 0.481 e.